The summed E-state index contributed by atoms with van der Waals surface area (Å²) in [6.07, 6.45) is -0.786. The van der Waals surface area contributed by atoms with Crippen molar-refractivity contribution in [1.82, 2.24) is 9.80 Å². The Morgan fingerprint density at radius 2 is 1.12 bits per heavy atom. The third-order valence-corrected chi connectivity index (χ3v) is 11.4. The number of carboxylic acids is 4. The summed E-state index contributed by atoms with van der Waals surface area (Å²) in [7, 11) is 0. The molecule has 0 saturated carbocycles. The fraction of sp³-hybridized carbons (Fsp3) is 0.306. The second kappa shape index (κ2) is 24.2. The molecule has 0 unspecified atom stereocenters. The number of amides is 2. The lowest BCUT2D eigenvalue weighted by Gasteiger charge is -2.30. The monoisotopic (exact) mass is 1010 g/mol. The second-order valence-corrected chi connectivity index (χ2v) is 16.5. The van der Waals surface area contributed by atoms with Crippen molar-refractivity contribution in [2.24, 2.45) is 22.2 Å². The van der Waals surface area contributed by atoms with Crippen LogP contribution in [-0.4, -0.2) is 141 Å². The predicted molar refractivity (Wildman–Crippen MR) is 255 cm³/mol. The summed E-state index contributed by atoms with van der Waals surface area (Å²) in [6.45, 7) is -2.39. The van der Waals surface area contributed by atoms with Crippen molar-refractivity contribution >= 4 is 65.1 Å². The highest BCUT2D eigenvalue weighted by Gasteiger charge is 2.37. The van der Waals surface area contributed by atoms with E-state index >= 15 is 0 Å². The molecule has 0 aromatic heterocycles. The molecule has 24 heteroatoms. The number of aliphatic carboxylic acids is 4. The van der Waals surface area contributed by atoms with Crippen LogP contribution in [0, 0.1) is 5.41 Å². The maximum Gasteiger partial charge on any atom is 0.343 e. The molecular weight excluding hydrogens is 959 g/mol. The first-order valence-corrected chi connectivity index (χ1v) is 22.5. The summed E-state index contributed by atoms with van der Waals surface area (Å²) in [5, 5.41) is 47.5. The summed E-state index contributed by atoms with van der Waals surface area (Å²) in [5.41, 5.74) is 18.6. The Morgan fingerprint density at radius 3 is 1.56 bits per heavy atom. The van der Waals surface area contributed by atoms with Crippen molar-refractivity contribution in [3.63, 3.8) is 0 Å². The van der Waals surface area contributed by atoms with Crippen LogP contribution in [-0.2, 0) is 43.2 Å². The number of nitrogens with two attached hydrogens (primary N) is 3. The number of aryl methyl sites for hydroxylation is 2. The smallest absolute Gasteiger partial charge is 0.343 e. The second-order valence-electron chi connectivity index (χ2n) is 16.5. The van der Waals surface area contributed by atoms with Gasteiger partial charge in [-0.2, -0.15) is 0 Å². The molecule has 73 heavy (non-hydrogen) atoms. The highest BCUT2D eigenvalue weighted by Crippen LogP contribution is 2.37. The average Bonchev–Trinajstić information content (AvgIpc) is 3.32. The van der Waals surface area contributed by atoms with E-state index in [1.165, 1.54) is 54.6 Å². The van der Waals surface area contributed by atoms with Crippen LogP contribution in [0.15, 0.2) is 77.8 Å². The van der Waals surface area contributed by atoms with Crippen LogP contribution >= 0.6 is 0 Å². The molecule has 0 bridgehead atoms. The molecule has 2 atom stereocenters. The van der Waals surface area contributed by atoms with Gasteiger partial charge in [-0.05, 0) is 90.9 Å². The largest absolute Gasteiger partial charge is 0.489 e. The van der Waals surface area contributed by atoms with Crippen LogP contribution < -0.4 is 36.1 Å². The van der Waals surface area contributed by atoms with Gasteiger partial charge in [0.15, 0.2) is 29.0 Å². The van der Waals surface area contributed by atoms with Gasteiger partial charge in [-0.25, -0.2) is 24.2 Å². The minimum atomic E-state index is -2.00. The Bertz CT molecular complexity index is 2860. The zero-order valence-corrected chi connectivity index (χ0v) is 38.9. The van der Waals surface area contributed by atoms with E-state index in [4.69, 9.17) is 46.3 Å². The number of guanidine groups is 1. The maximum absolute atomic E-state index is 14.5. The van der Waals surface area contributed by atoms with E-state index in [1.54, 1.807) is 18.2 Å². The number of carbonyl (C=O) groups excluding carboxylic acids is 4. The fourth-order valence-corrected chi connectivity index (χ4v) is 8.13. The van der Waals surface area contributed by atoms with Gasteiger partial charge in [-0.1, -0.05) is 24.3 Å². The number of nitrogens with zero attached hydrogens (tertiary/aromatic N) is 3. The van der Waals surface area contributed by atoms with Crippen molar-refractivity contribution in [3.05, 3.63) is 112 Å². The highest BCUT2D eigenvalue weighted by atomic mass is 16.6. The Labute approximate surface area is 415 Å². The molecule has 0 aliphatic carbocycles. The van der Waals surface area contributed by atoms with Gasteiger partial charge in [-0.3, -0.25) is 24.6 Å². The first kappa shape index (κ1) is 53.3. The number of carboxylic acid groups (broad SMARTS) is 4. The average molecular weight is 1010 g/mol. The molecule has 4 aromatic rings. The maximum atomic E-state index is 14.5. The molecule has 0 fully saturated rings. The van der Waals surface area contributed by atoms with Crippen molar-refractivity contribution < 1.29 is 82.5 Å². The molecule has 11 N–H and O–H groups in total. The standard InChI is InChI=1S/C49H51N7O17/c50-38(51)22-26-11-13-30-27(21-26)5-3-17-70-41-32(7-1-9-36(41)72-47(30)67)43(61)55(34(45(63)64)24-39(57)58)15-19-69-20-16-56(35(46(65)66)25-40(59)60)44(62)33-8-2-10-37-42(33)71-18-4-6-28-23-29(54-49(52)53)12-14-31(28)48(68)73-37/h1-2,7-14,21,23,34-35H,3-6,15-20,22,24-25H2,(H3,50,51)(H,57,58)(H,59,60)(H,63,64)(H,65,66)(H4,52,53,54)/t34-,35-/m0/s1. The molecule has 0 radical (unpaired) electrons. The summed E-state index contributed by atoms with van der Waals surface area (Å²) in [4.78, 5) is 111. The van der Waals surface area contributed by atoms with E-state index in [2.05, 4.69) is 4.99 Å². The van der Waals surface area contributed by atoms with Crippen LogP contribution in [0.2, 0.25) is 0 Å². The Morgan fingerprint density at radius 1 is 0.658 bits per heavy atom. The summed E-state index contributed by atoms with van der Waals surface area (Å²) in [5.74, 6) is -11.5. The molecule has 2 aliphatic heterocycles. The normalized spacial score (nSPS) is 13.9. The summed E-state index contributed by atoms with van der Waals surface area (Å²) >= 11 is 0. The van der Waals surface area contributed by atoms with E-state index in [9.17, 15) is 58.8 Å². The van der Waals surface area contributed by atoms with Crippen LogP contribution in [0.25, 0.3) is 0 Å². The van der Waals surface area contributed by atoms with E-state index in [0.29, 0.717) is 51.4 Å². The van der Waals surface area contributed by atoms with Gasteiger partial charge in [0.25, 0.3) is 11.8 Å². The number of para-hydroxylation sites is 2. The van der Waals surface area contributed by atoms with Crippen molar-refractivity contribution in [2.75, 3.05) is 39.5 Å². The van der Waals surface area contributed by atoms with Crippen molar-refractivity contribution in [3.8, 4) is 23.0 Å². The lowest BCUT2D eigenvalue weighted by Crippen LogP contribution is -2.49. The van der Waals surface area contributed by atoms with E-state index < -0.39 is 98.9 Å². The molecule has 24 nitrogen and oxygen atoms in total. The number of amidine groups is 1. The number of rotatable bonds is 19. The number of aliphatic imine (C=N–C) groups is 1. The van der Waals surface area contributed by atoms with Gasteiger partial charge < -0.3 is 71.1 Å². The number of hydrogen-bond donors (Lipinski definition) is 8. The number of carbonyl (C=O) groups is 8. The summed E-state index contributed by atoms with van der Waals surface area (Å²) in [6, 6.07) is 13.3. The quantitative estimate of drug-likeness (QED) is 0.0220. The topological polar surface area (TPSA) is 384 Å². The van der Waals surface area contributed by atoms with Gasteiger partial charge in [-0.15, -0.1) is 0 Å². The predicted octanol–water partition coefficient (Wildman–Crippen LogP) is 2.62. The number of benzene rings is 4. The first-order chi connectivity index (χ1) is 34.8. The van der Waals surface area contributed by atoms with Crippen LogP contribution in [0.4, 0.5) is 5.69 Å². The minimum Gasteiger partial charge on any atom is -0.489 e. The molecule has 2 amide bonds. The highest BCUT2D eigenvalue weighted by molar-refractivity contribution is 6.02. The summed E-state index contributed by atoms with van der Waals surface area (Å²) < 4.78 is 29.1. The number of fused-ring (bicyclic) bond motifs is 4. The molecule has 2 aliphatic rings. The van der Waals surface area contributed by atoms with Crippen LogP contribution in [0.1, 0.15) is 83.8 Å². The Balaban J connectivity index is 1.24. The number of ether oxygens (including phenoxy) is 5. The van der Waals surface area contributed by atoms with Gasteiger partial charge >= 0.3 is 35.8 Å². The van der Waals surface area contributed by atoms with Crippen LogP contribution in [0.3, 0.4) is 0 Å². The van der Waals surface area contributed by atoms with E-state index in [0.717, 1.165) is 0 Å². The number of esters is 2. The van der Waals surface area contributed by atoms with Crippen molar-refractivity contribution in [1.29, 1.82) is 5.41 Å². The zero-order chi connectivity index (χ0) is 52.9. The fourth-order valence-electron chi connectivity index (χ4n) is 8.13. The van der Waals surface area contributed by atoms with Crippen molar-refractivity contribution in [2.45, 2.75) is 57.0 Å². The SMILES string of the molecule is N=C(N)Cc1ccc2c(c1)CCCOc1c(cccc1C(=O)N(CCOCCN(C(=O)c1cccc3c1OCCCc1cc(N=C(N)N)ccc1C(=O)O3)[C@@H](CC(=O)O)C(=O)O)[C@@H](CC(=O)O)C(=O)O)OC2=O. The lowest BCUT2D eigenvalue weighted by atomic mass is 9.98. The van der Waals surface area contributed by atoms with E-state index in [-0.39, 0.29) is 83.1 Å². The van der Waals surface area contributed by atoms with Gasteiger partial charge in [0.1, 0.15) is 12.1 Å². The van der Waals surface area contributed by atoms with E-state index in [1.807, 2.05) is 0 Å². The van der Waals surface area contributed by atoms with Crippen LogP contribution in [0.5, 0.6) is 23.0 Å². The Kier molecular flexibility index (Phi) is 17.7. The lowest BCUT2D eigenvalue weighted by molar-refractivity contribution is -0.149. The molecule has 2 heterocycles. The molecular formula is C49H51N7O17. The van der Waals surface area contributed by atoms with Gasteiger partial charge in [0, 0.05) is 19.5 Å². The zero-order valence-electron chi connectivity index (χ0n) is 38.9. The first-order valence-electron chi connectivity index (χ1n) is 22.5. The minimum absolute atomic E-state index is 0.0265. The molecule has 6 rings (SSSR count). The molecule has 4 aromatic carbocycles. The van der Waals surface area contributed by atoms with Gasteiger partial charge in [0.2, 0.25) is 0 Å². The molecule has 0 spiro atoms. The van der Waals surface area contributed by atoms with Gasteiger partial charge in [0.05, 0.1) is 73.0 Å². The number of hydrogen-bond acceptors (Lipinski definition) is 15. The molecule has 0 saturated heterocycles. The number of nitrogens with one attached hydrogen (secondary N) is 1. The third kappa shape index (κ3) is 13.6. The third-order valence-electron chi connectivity index (χ3n) is 11.4. The molecule has 384 valence electrons. The Hall–Kier alpha value is -9.06.